The Balaban J connectivity index is 2.00. The van der Waals surface area contributed by atoms with Crippen LogP contribution in [0.1, 0.15) is 10.4 Å². The number of hydrogen-bond acceptors (Lipinski definition) is 2. The van der Waals surface area contributed by atoms with Crippen molar-refractivity contribution in [2.75, 3.05) is 18.1 Å². The predicted octanol–water partition coefficient (Wildman–Crippen LogP) is 3.63. The van der Waals surface area contributed by atoms with Crippen molar-refractivity contribution in [3.05, 3.63) is 58.3 Å². The Morgan fingerprint density at radius 3 is 2.85 bits per heavy atom. The maximum absolute atomic E-state index is 13.1. The number of carbonyl (C=O) groups excluding carboxylic acids is 1. The van der Waals surface area contributed by atoms with Crippen LogP contribution >= 0.6 is 15.9 Å². The van der Waals surface area contributed by atoms with Crippen molar-refractivity contribution in [3.63, 3.8) is 0 Å². The average molecular weight is 336 g/mol. The van der Waals surface area contributed by atoms with E-state index in [1.807, 2.05) is 24.3 Å². The molecule has 2 aromatic rings. The van der Waals surface area contributed by atoms with Crippen molar-refractivity contribution < 1.29 is 13.9 Å². The maximum atomic E-state index is 13.1. The minimum absolute atomic E-state index is 0.173. The van der Waals surface area contributed by atoms with Crippen LogP contribution in [-0.4, -0.2) is 19.1 Å². The minimum Gasteiger partial charge on any atom is -0.490 e. The second-order valence-electron chi connectivity index (χ2n) is 4.40. The molecule has 0 N–H and O–H groups in total. The Morgan fingerprint density at radius 1 is 1.25 bits per heavy atom. The summed E-state index contributed by atoms with van der Waals surface area (Å²) in [6, 6.07) is 11.4. The van der Waals surface area contributed by atoms with Crippen LogP contribution in [0.25, 0.3) is 0 Å². The molecule has 0 aromatic heterocycles. The number of fused-ring (bicyclic) bond motifs is 1. The molecule has 0 unspecified atom stereocenters. The van der Waals surface area contributed by atoms with Crippen LogP contribution in [0.15, 0.2) is 46.9 Å². The first kappa shape index (κ1) is 13.1. The lowest BCUT2D eigenvalue weighted by Crippen LogP contribution is -2.38. The molecule has 3 nitrogen and oxygen atoms in total. The maximum Gasteiger partial charge on any atom is 0.259 e. The van der Waals surface area contributed by atoms with Gasteiger partial charge in [-0.15, -0.1) is 0 Å². The van der Waals surface area contributed by atoms with Gasteiger partial charge in [-0.2, -0.15) is 0 Å². The molecule has 0 bridgehead atoms. The Labute approximate surface area is 124 Å². The number of nitrogens with zero attached hydrogens (tertiary/aromatic N) is 1. The summed E-state index contributed by atoms with van der Waals surface area (Å²) in [6.07, 6.45) is 0. The van der Waals surface area contributed by atoms with E-state index in [-0.39, 0.29) is 11.7 Å². The highest BCUT2D eigenvalue weighted by Crippen LogP contribution is 2.33. The molecule has 0 saturated heterocycles. The Hall–Kier alpha value is -1.88. The summed E-state index contributed by atoms with van der Waals surface area (Å²) in [5.41, 5.74) is 1.17. The molecule has 3 rings (SSSR count). The summed E-state index contributed by atoms with van der Waals surface area (Å²) in [7, 11) is 0. The zero-order valence-corrected chi connectivity index (χ0v) is 12.1. The first-order valence-electron chi connectivity index (χ1n) is 6.15. The smallest absolute Gasteiger partial charge is 0.259 e. The molecular weight excluding hydrogens is 325 g/mol. The van der Waals surface area contributed by atoms with Crippen LogP contribution < -0.4 is 9.64 Å². The Morgan fingerprint density at radius 2 is 2.05 bits per heavy atom. The number of amides is 1. The van der Waals surface area contributed by atoms with Gasteiger partial charge in [0.05, 0.1) is 17.8 Å². The van der Waals surface area contributed by atoms with Crippen LogP contribution in [0.2, 0.25) is 0 Å². The second-order valence-corrected chi connectivity index (χ2v) is 5.25. The highest BCUT2D eigenvalue weighted by Gasteiger charge is 2.25. The van der Waals surface area contributed by atoms with E-state index in [9.17, 15) is 9.18 Å². The van der Waals surface area contributed by atoms with E-state index in [1.54, 1.807) is 4.90 Å². The van der Waals surface area contributed by atoms with Crippen molar-refractivity contribution >= 4 is 27.5 Å². The first-order chi connectivity index (χ1) is 9.66. The molecule has 102 valence electrons. The fraction of sp³-hybridized carbons (Fsp3) is 0.133. The lowest BCUT2D eigenvalue weighted by atomic mass is 10.1. The van der Waals surface area contributed by atoms with Gasteiger partial charge in [-0.1, -0.05) is 12.1 Å². The van der Waals surface area contributed by atoms with Gasteiger partial charge in [0, 0.05) is 4.47 Å². The number of anilines is 1. The first-order valence-corrected chi connectivity index (χ1v) is 6.95. The van der Waals surface area contributed by atoms with Crippen LogP contribution in [0.4, 0.5) is 10.1 Å². The molecular formula is C15H11BrFNO2. The van der Waals surface area contributed by atoms with Crippen LogP contribution in [0.3, 0.4) is 0 Å². The highest BCUT2D eigenvalue weighted by atomic mass is 79.9. The predicted molar refractivity (Wildman–Crippen MR) is 77.7 cm³/mol. The standard InChI is InChI=1S/C15H11BrFNO2/c16-12-9-10(17)5-6-11(12)15(19)18-7-8-20-14-4-2-1-3-13(14)18/h1-6,9H,7-8H2. The highest BCUT2D eigenvalue weighted by molar-refractivity contribution is 9.10. The van der Waals surface area contributed by atoms with Crippen molar-refractivity contribution in [2.24, 2.45) is 0 Å². The number of carbonyl (C=O) groups is 1. The lowest BCUT2D eigenvalue weighted by Gasteiger charge is -2.29. The van der Waals surface area contributed by atoms with E-state index < -0.39 is 0 Å². The average Bonchev–Trinajstić information content (AvgIpc) is 2.46. The molecule has 0 radical (unpaired) electrons. The number of halogens is 2. The summed E-state index contributed by atoms with van der Waals surface area (Å²) in [4.78, 5) is 14.3. The van der Waals surface area contributed by atoms with E-state index >= 15 is 0 Å². The molecule has 0 spiro atoms. The van der Waals surface area contributed by atoms with Gasteiger partial charge < -0.3 is 9.64 Å². The van der Waals surface area contributed by atoms with E-state index in [0.717, 1.165) is 5.69 Å². The zero-order valence-electron chi connectivity index (χ0n) is 10.5. The summed E-state index contributed by atoms with van der Waals surface area (Å²) in [5.74, 6) is 0.133. The number of ether oxygens (including phenoxy) is 1. The summed E-state index contributed by atoms with van der Waals surface area (Å²) in [5, 5.41) is 0. The minimum atomic E-state index is -0.379. The fourth-order valence-electron chi connectivity index (χ4n) is 2.19. The molecule has 2 aromatic carbocycles. The molecule has 0 atom stereocenters. The third kappa shape index (κ3) is 2.29. The molecule has 5 heteroatoms. The molecule has 1 aliphatic rings. The van der Waals surface area contributed by atoms with E-state index in [1.165, 1.54) is 18.2 Å². The molecule has 20 heavy (non-hydrogen) atoms. The molecule has 0 fully saturated rings. The normalized spacial score (nSPS) is 13.6. The quantitative estimate of drug-likeness (QED) is 0.796. The van der Waals surface area contributed by atoms with E-state index in [0.29, 0.717) is 28.9 Å². The van der Waals surface area contributed by atoms with Crippen LogP contribution in [0.5, 0.6) is 5.75 Å². The largest absolute Gasteiger partial charge is 0.490 e. The van der Waals surface area contributed by atoms with Gasteiger partial charge >= 0.3 is 0 Å². The van der Waals surface area contributed by atoms with Gasteiger partial charge in [-0.3, -0.25) is 4.79 Å². The van der Waals surface area contributed by atoms with Crippen LogP contribution in [-0.2, 0) is 0 Å². The molecule has 1 amide bonds. The second kappa shape index (κ2) is 5.25. The Kier molecular flexibility index (Phi) is 3.44. The van der Waals surface area contributed by atoms with Crippen molar-refractivity contribution in [2.45, 2.75) is 0 Å². The van der Waals surface area contributed by atoms with Gasteiger partial charge in [0.1, 0.15) is 18.2 Å². The van der Waals surface area contributed by atoms with Gasteiger partial charge in [0.15, 0.2) is 0 Å². The van der Waals surface area contributed by atoms with Crippen molar-refractivity contribution in [1.82, 2.24) is 0 Å². The topological polar surface area (TPSA) is 29.5 Å². The van der Waals surface area contributed by atoms with Crippen LogP contribution in [0, 0.1) is 5.82 Å². The summed E-state index contributed by atoms with van der Waals surface area (Å²) in [6.45, 7) is 0.918. The number of para-hydroxylation sites is 2. The molecule has 0 saturated carbocycles. The number of hydrogen-bond donors (Lipinski definition) is 0. The summed E-state index contributed by atoms with van der Waals surface area (Å²) >= 11 is 3.24. The van der Waals surface area contributed by atoms with Gasteiger partial charge in [-0.25, -0.2) is 4.39 Å². The third-order valence-electron chi connectivity index (χ3n) is 3.14. The van der Waals surface area contributed by atoms with E-state index in [4.69, 9.17) is 4.74 Å². The SMILES string of the molecule is O=C(c1ccc(F)cc1Br)N1CCOc2ccccc21. The molecule has 1 aliphatic heterocycles. The van der Waals surface area contributed by atoms with E-state index in [2.05, 4.69) is 15.9 Å². The summed E-state index contributed by atoms with van der Waals surface area (Å²) < 4.78 is 19.1. The zero-order chi connectivity index (χ0) is 14.1. The molecule has 1 heterocycles. The van der Waals surface area contributed by atoms with Gasteiger partial charge in [0.25, 0.3) is 5.91 Å². The number of benzene rings is 2. The van der Waals surface area contributed by atoms with Gasteiger partial charge in [-0.05, 0) is 46.3 Å². The Bertz CT molecular complexity index is 675. The fourth-order valence-corrected chi connectivity index (χ4v) is 2.71. The monoisotopic (exact) mass is 335 g/mol. The van der Waals surface area contributed by atoms with Gasteiger partial charge in [0.2, 0.25) is 0 Å². The lowest BCUT2D eigenvalue weighted by molar-refractivity contribution is 0.0976. The van der Waals surface area contributed by atoms with Crippen molar-refractivity contribution in [3.8, 4) is 5.75 Å². The van der Waals surface area contributed by atoms with Crippen molar-refractivity contribution in [1.29, 1.82) is 0 Å². The molecule has 0 aliphatic carbocycles. The third-order valence-corrected chi connectivity index (χ3v) is 3.79. The number of rotatable bonds is 1.